The molecule has 0 amide bonds. The van der Waals surface area contributed by atoms with Gasteiger partial charge >= 0.3 is 0 Å². The van der Waals surface area contributed by atoms with E-state index in [-0.39, 0.29) is 12.4 Å². The predicted molar refractivity (Wildman–Crippen MR) is 115 cm³/mol. The monoisotopic (exact) mass is 401 g/mol. The Balaban J connectivity index is 0.00000210. The lowest BCUT2D eigenvalue weighted by Gasteiger charge is -2.30. The molecular weight excluding hydrogens is 378 g/mol. The largest absolute Gasteiger partial charge is 0.612 e. The van der Waals surface area contributed by atoms with Crippen molar-refractivity contribution in [2.45, 2.75) is 31.3 Å². The Bertz CT molecular complexity index is 983. The third-order valence-electron chi connectivity index (χ3n) is 5.18. The van der Waals surface area contributed by atoms with Gasteiger partial charge in [-0.1, -0.05) is 30.3 Å². The van der Waals surface area contributed by atoms with Gasteiger partial charge < -0.3 is 14.0 Å². The summed E-state index contributed by atoms with van der Waals surface area (Å²) in [4.78, 5) is 7.98. The fourth-order valence-electron chi connectivity index (χ4n) is 4.01. The number of pyridine rings is 1. The first-order valence-corrected chi connectivity index (χ1v) is 10.4. The van der Waals surface area contributed by atoms with Crippen molar-refractivity contribution in [2.75, 3.05) is 17.7 Å². The number of rotatable bonds is 4. The second-order valence-electron chi connectivity index (χ2n) is 6.74. The lowest BCUT2D eigenvalue weighted by Crippen LogP contribution is -2.31. The highest BCUT2D eigenvalue weighted by Gasteiger charge is 2.26. The molecule has 3 heterocycles. The molecule has 4 nitrogen and oxygen atoms in total. The van der Waals surface area contributed by atoms with Crippen molar-refractivity contribution < 1.29 is 4.55 Å². The van der Waals surface area contributed by atoms with Crippen LogP contribution < -0.4 is 4.90 Å². The van der Waals surface area contributed by atoms with E-state index in [0.717, 1.165) is 46.8 Å². The maximum Gasteiger partial charge on any atom is 0.181 e. The van der Waals surface area contributed by atoms with E-state index in [1.54, 1.807) is 6.26 Å². The second-order valence-corrected chi connectivity index (χ2v) is 8.06. The summed E-state index contributed by atoms with van der Waals surface area (Å²) in [6.07, 6.45) is 6.49. The van der Waals surface area contributed by atoms with Crippen LogP contribution in [0.1, 0.15) is 16.8 Å². The molecule has 0 N–H and O–H groups in total. The van der Waals surface area contributed by atoms with Crippen LogP contribution in [-0.4, -0.2) is 26.9 Å². The average molecular weight is 402 g/mol. The van der Waals surface area contributed by atoms with Gasteiger partial charge in [0, 0.05) is 25.8 Å². The Morgan fingerprint density at radius 1 is 1.26 bits per heavy atom. The SMILES string of the molecule is C=CCn1c(C)c([S+](C)[O-])c2ccnc(N3CCc4ccccc4C3)c21.Cl. The molecule has 1 aliphatic rings. The maximum absolute atomic E-state index is 12.4. The second kappa shape index (κ2) is 7.97. The Morgan fingerprint density at radius 3 is 2.70 bits per heavy atom. The molecule has 4 rings (SSSR count). The van der Waals surface area contributed by atoms with Gasteiger partial charge in [0.15, 0.2) is 10.7 Å². The molecule has 1 atom stereocenters. The summed E-state index contributed by atoms with van der Waals surface area (Å²) in [5, 5.41) is 1.04. The zero-order valence-electron chi connectivity index (χ0n) is 15.6. The van der Waals surface area contributed by atoms with Crippen LogP contribution in [0.5, 0.6) is 0 Å². The van der Waals surface area contributed by atoms with Crippen LogP contribution in [0.25, 0.3) is 10.9 Å². The molecule has 27 heavy (non-hydrogen) atoms. The van der Waals surface area contributed by atoms with E-state index in [9.17, 15) is 4.55 Å². The summed E-state index contributed by atoms with van der Waals surface area (Å²) in [6, 6.07) is 10.6. The van der Waals surface area contributed by atoms with Gasteiger partial charge in [0.25, 0.3) is 0 Å². The number of hydrogen-bond donors (Lipinski definition) is 0. The van der Waals surface area contributed by atoms with Crippen LogP contribution >= 0.6 is 12.4 Å². The predicted octanol–water partition coefficient (Wildman–Crippen LogP) is 4.25. The Hall–Kier alpha value is -1.95. The van der Waals surface area contributed by atoms with E-state index in [4.69, 9.17) is 4.98 Å². The fourth-order valence-corrected chi connectivity index (χ4v) is 5.01. The summed E-state index contributed by atoms with van der Waals surface area (Å²) >= 11 is -1.05. The highest BCUT2D eigenvalue weighted by Crippen LogP contribution is 2.36. The standard InChI is InChI=1S/C21H23N3OS.ClH/c1-4-12-24-15(2)20(26(3)25)18-9-11-22-21(19(18)24)23-13-10-16-7-5-6-8-17(16)14-23;/h4-9,11H,1,10,12-14H2,2-3H3;1H. The molecule has 6 heteroatoms. The molecule has 1 aromatic carbocycles. The number of anilines is 1. The minimum atomic E-state index is -1.05. The van der Waals surface area contributed by atoms with Gasteiger partial charge in [-0.3, -0.25) is 0 Å². The number of hydrogen-bond acceptors (Lipinski definition) is 3. The highest BCUT2D eigenvalue weighted by molar-refractivity contribution is 7.91. The van der Waals surface area contributed by atoms with E-state index < -0.39 is 11.2 Å². The summed E-state index contributed by atoms with van der Waals surface area (Å²) in [7, 11) is 0. The lowest BCUT2D eigenvalue weighted by molar-refractivity contribution is 0.600. The van der Waals surface area contributed by atoms with E-state index in [0.29, 0.717) is 6.54 Å². The molecule has 0 fully saturated rings. The van der Waals surface area contributed by atoms with Gasteiger partial charge in [-0.2, -0.15) is 0 Å². The van der Waals surface area contributed by atoms with E-state index in [1.807, 2.05) is 25.3 Å². The average Bonchev–Trinajstić information content (AvgIpc) is 2.93. The van der Waals surface area contributed by atoms with Crippen LogP contribution in [0.3, 0.4) is 0 Å². The first-order chi connectivity index (χ1) is 12.6. The third kappa shape index (κ3) is 3.35. The van der Waals surface area contributed by atoms with Gasteiger partial charge in [0.2, 0.25) is 0 Å². The van der Waals surface area contributed by atoms with E-state index >= 15 is 0 Å². The number of allylic oxidation sites excluding steroid dienone is 1. The molecule has 0 saturated heterocycles. The minimum Gasteiger partial charge on any atom is -0.612 e. The van der Waals surface area contributed by atoms with Crippen LogP contribution in [-0.2, 0) is 30.7 Å². The first kappa shape index (κ1) is 19.8. The maximum atomic E-state index is 12.4. The van der Waals surface area contributed by atoms with E-state index in [2.05, 4.69) is 40.3 Å². The molecule has 2 aromatic heterocycles. The van der Waals surface area contributed by atoms with Crippen LogP contribution in [0.2, 0.25) is 0 Å². The number of aromatic nitrogens is 2. The normalized spacial score (nSPS) is 14.6. The molecule has 142 valence electrons. The first-order valence-electron chi connectivity index (χ1n) is 8.85. The van der Waals surface area contributed by atoms with Crippen LogP contribution in [0.15, 0.2) is 54.1 Å². The van der Waals surface area contributed by atoms with Gasteiger partial charge in [0.05, 0.1) is 16.6 Å². The zero-order chi connectivity index (χ0) is 18.3. The summed E-state index contributed by atoms with van der Waals surface area (Å²) in [5.41, 5.74) is 4.88. The van der Waals surface area contributed by atoms with Gasteiger partial charge in [-0.05, 0) is 41.7 Å². The van der Waals surface area contributed by atoms with Crippen molar-refractivity contribution in [2.24, 2.45) is 0 Å². The minimum absolute atomic E-state index is 0. The lowest BCUT2D eigenvalue weighted by atomic mass is 10.00. The molecule has 1 unspecified atom stereocenters. The Morgan fingerprint density at radius 2 is 2.00 bits per heavy atom. The Kier molecular flexibility index (Phi) is 5.84. The van der Waals surface area contributed by atoms with Crippen LogP contribution in [0.4, 0.5) is 5.82 Å². The summed E-state index contributed by atoms with van der Waals surface area (Å²) in [6.45, 7) is 8.41. The summed E-state index contributed by atoms with van der Waals surface area (Å²) in [5.74, 6) is 0.971. The molecular formula is C21H24ClN3OS. The van der Waals surface area contributed by atoms with E-state index in [1.165, 1.54) is 11.1 Å². The van der Waals surface area contributed by atoms with Gasteiger partial charge in [0.1, 0.15) is 6.26 Å². The van der Waals surface area contributed by atoms with Crippen LogP contribution in [0, 0.1) is 6.92 Å². The number of fused-ring (bicyclic) bond motifs is 2. The van der Waals surface area contributed by atoms with Gasteiger partial charge in [-0.15, -0.1) is 19.0 Å². The molecule has 0 saturated carbocycles. The quantitative estimate of drug-likeness (QED) is 0.484. The number of benzene rings is 1. The smallest absolute Gasteiger partial charge is 0.181 e. The van der Waals surface area contributed by atoms with Crippen molar-refractivity contribution in [3.63, 3.8) is 0 Å². The molecule has 1 aliphatic heterocycles. The van der Waals surface area contributed by atoms with Crippen molar-refractivity contribution >= 4 is 40.3 Å². The van der Waals surface area contributed by atoms with Gasteiger partial charge in [-0.25, -0.2) is 4.98 Å². The van der Waals surface area contributed by atoms with Crippen molar-refractivity contribution in [1.82, 2.24) is 9.55 Å². The molecule has 3 aromatic rings. The summed E-state index contributed by atoms with van der Waals surface area (Å²) < 4.78 is 14.6. The molecule has 0 spiro atoms. The highest BCUT2D eigenvalue weighted by atomic mass is 35.5. The zero-order valence-corrected chi connectivity index (χ0v) is 17.3. The number of halogens is 1. The van der Waals surface area contributed by atoms with Crippen molar-refractivity contribution in [3.8, 4) is 0 Å². The van der Waals surface area contributed by atoms with Crippen molar-refractivity contribution in [3.05, 3.63) is 66.0 Å². The molecule has 0 bridgehead atoms. The number of nitrogens with zero attached hydrogens (tertiary/aromatic N) is 3. The topological polar surface area (TPSA) is 44.1 Å². The fraction of sp³-hybridized carbons (Fsp3) is 0.286. The third-order valence-corrected chi connectivity index (χ3v) is 6.27. The molecule has 0 radical (unpaired) electrons. The Labute approximate surface area is 169 Å². The molecule has 0 aliphatic carbocycles. The van der Waals surface area contributed by atoms with Crippen molar-refractivity contribution in [1.29, 1.82) is 0 Å².